The highest BCUT2D eigenvalue weighted by Gasteiger charge is 2.14. The molecule has 0 aliphatic heterocycles. The molecule has 0 heterocycles. The first-order chi connectivity index (χ1) is 5.11. The number of halogens is 1. The molecule has 0 aliphatic carbocycles. The van der Waals surface area contributed by atoms with Gasteiger partial charge in [-0.3, -0.25) is 0 Å². The third-order valence-corrected chi connectivity index (χ3v) is 2.02. The summed E-state index contributed by atoms with van der Waals surface area (Å²) >= 11 is 3.16. The van der Waals surface area contributed by atoms with E-state index in [1.807, 2.05) is 0 Å². The SMILES string of the molecule is Nc1ccc(Br)c(B(O)O)c1. The van der Waals surface area contributed by atoms with Crippen molar-refractivity contribution < 1.29 is 10.0 Å². The second kappa shape index (κ2) is 3.25. The van der Waals surface area contributed by atoms with Gasteiger partial charge in [0.1, 0.15) is 0 Å². The molecule has 0 aromatic heterocycles. The summed E-state index contributed by atoms with van der Waals surface area (Å²) < 4.78 is 0.640. The van der Waals surface area contributed by atoms with Gasteiger partial charge in [-0.15, -0.1) is 0 Å². The fourth-order valence-electron chi connectivity index (χ4n) is 0.760. The number of rotatable bonds is 1. The van der Waals surface area contributed by atoms with E-state index >= 15 is 0 Å². The lowest BCUT2D eigenvalue weighted by molar-refractivity contribution is 0.425. The Kier molecular flexibility index (Phi) is 2.54. The van der Waals surface area contributed by atoms with Crippen molar-refractivity contribution in [2.24, 2.45) is 0 Å². The summed E-state index contributed by atoms with van der Waals surface area (Å²) in [5, 5.41) is 17.6. The predicted molar refractivity (Wildman–Crippen MR) is 48.4 cm³/mol. The van der Waals surface area contributed by atoms with Gasteiger partial charge in [0.25, 0.3) is 0 Å². The van der Waals surface area contributed by atoms with Crippen molar-refractivity contribution in [3.63, 3.8) is 0 Å². The minimum atomic E-state index is -1.48. The van der Waals surface area contributed by atoms with Crippen molar-refractivity contribution >= 4 is 34.2 Å². The molecule has 1 aromatic carbocycles. The molecule has 0 fully saturated rings. The topological polar surface area (TPSA) is 66.5 Å². The second-order valence-corrected chi connectivity index (χ2v) is 3.01. The molecule has 0 aliphatic rings. The van der Waals surface area contributed by atoms with Crippen LogP contribution in [0.3, 0.4) is 0 Å². The van der Waals surface area contributed by atoms with E-state index in [-0.39, 0.29) is 0 Å². The minimum absolute atomic E-state index is 0.380. The average Bonchev–Trinajstić information content (AvgIpc) is 1.94. The number of hydrogen-bond acceptors (Lipinski definition) is 3. The van der Waals surface area contributed by atoms with Crippen LogP contribution in [0.25, 0.3) is 0 Å². The molecule has 0 saturated heterocycles. The van der Waals surface area contributed by atoms with Crippen LogP contribution in [0.1, 0.15) is 0 Å². The van der Waals surface area contributed by atoms with Gasteiger partial charge in [0, 0.05) is 10.2 Å². The van der Waals surface area contributed by atoms with Crippen LogP contribution in [0.4, 0.5) is 5.69 Å². The van der Waals surface area contributed by atoms with Crippen LogP contribution >= 0.6 is 15.9 Å². The van der Waals surface area contributed by atoms with Crippen molar-refractivity contribution in [3.8, 4) is 0 Å². The third kappa shape index (κ3) is 1.96. The molecule has 0 radical (unpaired) electrons. The molecule has 5 heteroatoms. The zero-order valence-electron chi connectivity index (χ0n) is 5.66. The van der Waals surface area contributed by atoms with Crippen LogP contribution in [-0.2, 0) is 0 Å². The largest absolute Gasteiger partial charge is 0.489 e. The highest BCUT2D eigenvalue weighted by atomic mass is 79.9. The Hall–Kier alpha value is -0.515. The molecular weight excluding hydrogens is 209 g/mol. The molecule has 0 amide bonds. The average molecular weight is 216 g/mol. The second-order valence-electron chi connectivity index (χ2n) is 2.15. The fourth-order valence-corrected chi connectivity index (χ4v) is 1.21. The van der Waals surface area contributed by atoms with E-state index in [0.29, 0.717) is 15.6 Å². The molecule has 1 rings (SSSR count). The maximum absolute atomic E-state index is 8.80. The van der Waals surface area contributed by atoms with Gasteiger partial charge in [-0.25, -0.2) is 0 Å². The number of hydrogen-bond donors (Lipinski definition) is 3. The number of benzene rings is 1. The van der Waals surface area contributed by atoms with Crippen molar-refractivity contribution in [1.82, 2.24) is 0 Å². The smallest absolute Gasteiger partial charge is 0.423 e. The molecule has 11 heavy (non-hydrogen) atoms. The van der Waals surface area contributed by atoms with Crippen molar-refractivity contribution in [2.45, 2.75) is 0 Å². The summed E-state index contributed by atoms with van der Waals surface area (Å²) in [7, 11) is -1.48. The zero-order chi connectivity index (χ0) is 8.43. The van der Waals surface area contributed by atoms with E-state index in [9.17, 15) is 0 Å². The third-order valence-electron chi connectivity index (χ3n) is 1.30. The Morgan fingerprint density at radius 2 is 2.00 bits per heavy atom. The quantitative estimate of drug-likeness (QED) is 0.446. The van der Waals surface area contributed by atoms with Crippen LogP contribution in [-0.4, -0.2) is 17.2 Å². The van der Waals surface area contributed by atoms with Crippen molar-refractivity contribution in [1.29, 1.82) is 0 Å². The maximum atomic E-state index is 8.80. The lowest BCUT2D eigenvalue weighted by Crippen LogP contribution is -2.31. The summed E-state index contributed by atoms with van der Waals surface area (Å²) in [6.07, 6.45) is 0. The Balaban J connectivity index is 3.13. The molecule has 0 saturated carbocycles. The summed E-state index contributed by atoms with van der Waals surface area (Å²) in [4.78, 5) is 0. The highest BCUT2D eigenvalue weighted by Crippen LogP contribution is 2.09. The molecule has 0 atom stereocenters. The van der Waals surface area contributed by atoms with E-state index in [1.54, 1.807) is 12.1 Å². The summed E-state index contributed by atoms with van der Waals surface area (Å²) in [5.74, 6) is 0. The molecule has 3 nitrogen and oxygen atoms in total. The van der Waals surface area contributed by atoms with E-state index in [2.05, 4.69) is 15.9 Å². The normalized spacial score (nSPS) is 9.73. The van der Waals surface area contributed by atoms with Gasteiger partial charge in [0.05, 0.1) is 0 Å². The van der Waals surface area contributed by atoms with Gasteiger partial charge < -0.3 is 15.8 Å². The van der Waals surface area contributed by atoms with Crippen LogP contribution in [0.2, 0.25) is 0 Å². The van der Waals surface area contributed by atoms with Gasteiger partial charge >= 0.3 is 7.12 Å². The Labute approximate surface area is 73.1 Å². The van der Waals surface area contributed by atoms with Crippen LogP contribution in [0, 0.1) is 0 Å². The Morgan fingerprint density at radius 3 is 2.45 bits per heavy atom. The first kappa shape index (κ1) is 8.58. The Bertz CT molecular complexity index is 267. The standard InChI is InChI=1S/C6H7BBrNO2/c8-6-2-1-4(9)3-5(6)7(10)11/h1-3,10-11H,9H2. The van der Waals surface area contributed by atoms with Crippen LogP contribution in [0.15, 0.2) is 22.7 Å². The fraction of sp³-hybridized carbons (Fsp3) is 0. The van der Waals surface area contributed by atoms with Crippen LogP contribution in [0.5, 0.6) is 0 Å². The molecule has 4 N–H and O–H groups in total. The summed E-state index contributed by atoms with van der Waals surface area (Å²) in [6.45, 7) is 0. The van der Waals surface area contributed by atoms with Gasteiger partial charge in [0.15, 0.2) is 0 Å². The molecule has 0 spiro atoms. The summed E-state index contributed by atoms with van der Waals surface area (Å²) in [5.41, 5.74) is 6.31. The number of nitrogen functional groups attached to an aromatic ring is 1. The monoisotopic (exact) mass is 215 g/mol. The highest BCUT2D eigenvalue weighted by molar-refractivity contribution is 9.10. The minimum Gasteiger partial charge on any atom is -0.423 e. The first-order valence-electron chi connectivity index (χ1n) is 3.02. The Morgan fingerprint density at radius 1 is 1.36 bits per heavy atom. The first-order valence-corrected chi connectivity index (χ1v) is 3.81. The maximum Gasteiger partial charge on any atom is 0.489 e. The van der Waals surface area contributed by atoms with Crippen molar-refractivity contribution in [3.05, 3.63) is 22.7 Å². The number of anilines is 1. The van der Waals surface area contributed by atoms with Gasteiger partial charge in [-0.05, 0) is 23.7 Å². The van der Waals surface area contributed by atoms with E-state index in [4.69, 9.17) is 15.8 Å². The molecule has 0 bridgehead atoms. The molecule has 0 unspecified atom stereocenters. The predicted octanol–water partition coefficient (Wildman–Crippen LogP) is -0.289. The lowest BCUT2D eigenvalue weighted by atomic mass is 9.80. The van der Waals surface area contributed by atoms with Gasteiger partial charge in [0.2, 0.25) is 0 Å². The van der Waals surface area contributed by atoms with E-state index in [0.717, 1.165) is 0 Å². The van der Waals surface area contributed by atoms with Gasteiger partial charge in [-0.1, -0.05) is 15.9 Å². The van der Waals surface area contributed by atoms with Crippen LogP contribution < -0.4 is 11.2 Å². The molecular formula is C6H7BBrNO2. The lowest BCUT2D eigenvalue weighted by Gasteiger charge is -2.02. The number of nitrogens with two attached hydrogens (primary N) is 1. The van der Waals surface area contributed by atoms with Crippen molar-refractivity contribution in [2.75, 3.05) is 5.73 Å². The van der Waals surface area contributed by atoms with E-state index in [1.165, 1.54) is 6.07 Å². The molecule has 1 aromatic rings. The van der Waals surface area contributed by atoms with Gasteiger partial charge in [-0.2, -0.15) is 0 Å². The summed E-state index contributed by atoms with van der Waals surface area (Å²) in [6, 6.07) is 4.86. The zero-order valence-corrected chi connectivity index (χ0v) is 7.25. The van der Waals surface area contributed by atoms with E-state index < -0.39 is 7.12 Å². The molecule has 58 valence electrons.